The average Bonchev–Trinajstić information content (AvgIpc) is 2.64. The molecule has 2 saturated carbocycles. The largest absolute Gasteiger partial charge is 0.465 e. The first-order chi connectivity index (χ1) is 9.28. The van der Waals surface area contributed by atoms with Crippen molar-refractivity contribution >= 4 is 11.8 Å². The first-order valence-corrected chi connectivity index (χ1v) is 7.65. The van der Waals surface area contributed by atoms with Gasteiger partial charge in [0.2, 0.25) is 0 Å². The summed E-state index contributed by atoms with van der Waals surface area (Å²) in [5, 5.41) is 0. The molecule has 1 unspecified atom stereocenters. The number of Topliss-reactive ketones (excluding diaryl/α,β-unsaturated/α-hetero) is 1. The Labute approximate surface area is 120 Å². The van der Waals surface area contributed by atoms with Crippen LogP contribution < -0.4 is 0 Å². The molecule has 20 heavy (non-hydrogen) atoms. The van der Waals surface area contributed by atoms with Crippen molar-refractivity contribution in [3.05, 3.63) is 11.1 Å². The van der Waals surface area contributed by atoms with E-state index in [0.717, 1.165) is 12.8 Å². The highest BCUT2D eigenvalue weighted by atomic mass is 16.5. The Morgan fingerprint density at radius 3 is 2.60 bits per heavy atom. The molecule has 3 heteroatoms. The van der Waals surface area contributed by atoms with E-state index in [1.807, 2.05) is 0 Å². The zero-order chi connectivity index (χ0) is 14.9. The summed E-state index contributed by atoms with van der Waals surface area (Å²) in [6, 6.07) is 0. The molecule has 0 aromatic heterocycles. The molecule has 0 heterocycles. The van der Waals surface area contributed by atoms with E-state index in [1.54, 1.807) is 6.92 Å². The van der Waals surface area contributed by atoms with Crippen LogP contribution in [0.3, 0.4) is 0 Å². The van der Waals surface area contributed by atoms with Gasteiger partial charge >= 0.3 is 5.97 Å². The lowest BCUT2D eigenvalue weighted by molar-refractivity contribution is -0.166. The lowest BCUT2D eigenvalue weighted by Crippen LogP contribution is -2.54. The molecule has 0 N–H and O–H groups in total. The Kier molecular flexibility index (Phi) is 2.74. The van der Waals surface area contributed by atoms with Gasteiger partial charge in [0.05, 0.1) is 6.61 Å². The zero-order valence-corrected chi connectivity index (χ0v) is 13.1. The van der Waals surface area contributed by atoms with E-state index in [4.69, 9.17) is 4.74 Å². The van der Waals surface area contributed by atoms with Gasteiger partial charge in [-0.05, 0) is 44.9 Å². The molecule has 3 nitrogen and oxygen atoms in total. The summed E-state index contributed by atoms with van der Waals surface area (Å²) in [5.74, 6) is -0.454. The molecule has 110 valence electrons. The Hall–Kier alpha value is -1.12. The Bertz CT molecular complexity index is 532. The number of ketones is 1. The highest BCUT2D eigenvalue weighted by molar-refractivity contribution is 6.07. The second-order valence-electron chi connectivity index (χ2n) is 7.32. The third-order valence-corrected chi connectivity index (χ3v) is 6.65. The van der Waals surface area contributed by atoms with Crippen molar-refractivity contribution in [3.8, 4) is 0 Å². The predicted octanol–water partition coefficient (Wildman–Crippen LogP) is 3.14. The molecule has 3 aliphatic rings. The maximum Gasteiger partial charge on any atom is 0.316 e. The minimum Gasteiger partial charge on any atom is -0.465 e. The van der Waals surface area contributed by atoms with Gasteiger partial charge in [0, 0.05) is 11.3 Å². The van der Waals surface area contributed by atoms with E-state index in [1.165, 1.54) is 11.1 Å². The van der Waals surface area contributed by atoms with Crippen LogP contribution in [-0.4, -0.2) is 18.4 Å². The van der Waals surface area contributed by atoms with Gasteiger partial charge in [0.25, 0.3) is 0 Å². The van der Waals surface area contributed by atoms with Crippen LogP contribution in [0.2, 0.25) is 0 Å². The quantitative estimate of drug-likeness (QED) is 0.442. The molecule has 0 aromatic carbocycles. The van der Waals surface area contributed by atoms with E-state index in [9.17, 15) is 9.59 Å². The molecule has 0 aromatic rings. The molecule has 0 spiro atoms. The Morgan fingerprint density at radius 2 is 2.00 bits per heavy atom. The fraction of sp³-hybridized carbons (Fsp3) is 0.765. The van der Waals surface area contributed by atoms with Crippen LogP contribution in [0.15, 0.2) is 11.1 Å². The van der Waals surface area contributed by atoms with Crippen LogP contribution in [0.1, 0.15) is 47.5 Å². The number of carbonyl (C=O) groups excluding carboxylic acids is 2. The van der Waals surface area contributed by atoms with Gasteiger partial charge in [-0.2, -0.15) is 0 Å². The molecule has 0 amide bonds. The third kappa shape index (κ3) is 1.32. The van der Waals surface area contributed by atoms with Crippen molar-refractivity contribution in [2.24, 2.45) is 28.6 Å². The summed E-state index contributed by atoms with van der Waals surface area (Å²) in [6.45, 7) is 11.0. The second-order valence-corrected chi connectivity index (χ2v) is 7.32. The number of fused-ring (bicyclic) bond motifs is 3. The third-order valence-electron chi connectivity index (χ3n) is 6.65. The Balaban J connectivity index is 1.95. The van der Waals surface area contributed by atoms with Crippen LogP contribution in [0.5, 0.6) is 0 Å². The molecular weight excluding hydrogens is 252 g/mol. The Morgan fingerprint density at radius 1 is 1.35 bits per heavy atom. The smallest absolute Gasteiger partial charge is 0.316 e. The van der Waals surface area contributed by atoms with Crippen molar-refractivity contribution in [1.29, 1.82) is 0 Å². The molecule has 0 aliphatic heterocycles. The number of rotatable bonds is 2. The summed E-state index contributed by atoms with van der Waals surface area (Å²) in [5.41, 5.74) is 2.89. The lowest BCUT2D eigenvalue weighted by Gasteiger charge is -2.46. The second kappa shape index (κ2) is 3.96. The highest BCUT2D eigenvalue weighted by Crippen LogP contribution is 2.73. The fourth-order valence-corrected chi connectivity index (χ4v) is 5.37. The van der Waals surface area contributed by atoms with Gasteiger partial charge in [-0.1, -0.05) is 25.0 Å². The molecule has 2 fully saturated rings. The van der Waals surface area contributed by atoms with Crippen molar-refractivity contribution in [1.82, 2.24) is 0 Å². The molecule has 3 rings (SSSR count). The molecule has 3 aliphatic carbocycles. The summed E-state index contributed by atoms with van der Waals surface area (Å²) in [4.78, 5) is 24.6. The minimum absolute atomic E-state index is 0.0272. The monoisotopic (exact) mass is 276 g/mol. The van der Waals surface area contributed by atoms with Gasteiger partial charge in [-0.25, -0.2) is 0 Å². The highest BCUT2D eigenvalue weighted by Gasteiger charge is 2.73. The SMILES string of the molecule is CCOC(=O)C1C(=O)[C@@H]2[C@H]1C[C@@]1(C)CC(C)=C(C)[C@@]21C. The maximum absolute atomic E-state index is 12.6. The maximum atomic E-state index is 12.6. The number of carbonyl (C=O) groups is 2. The molecule has 0 radical (unpaired) electrons. The number of hydrogen-bond acceptors (Lipinski definition) is 3. The van der Waals surface area contributed by atoms with Crippen LogP contribution >= 0.6 is 0 Å². The summed E-state index contributed by atoms with van der Waals surface area (Å²) in [7, 11) is 0. The number of ether oxygens (including phenoxy) is 1. The molecule has 5 atom stereocenters. The van der Waals surface area contributed by atoms with Crippen molar-refractivity contribution in [2.45, 2.75) is 47.5 Å². The first kappa shape index (κ1) is 13.8. The van der Waals surface area contributed by atoms with Gasteiger partial charge in [0.15, 0.2) is 5.78 Å². The van der Waals surface area contributed by atoms with Crippen molar-refractivity contribution < 1.29 is 14.3 Å². The zero-order valence-electron chi connectivity index (χ0n) is 13.1. The lowest BCUT2D eigenvalue weighted by atomic mass is 9.55. The van der Waals surface area contributed by atoms with Gasteiger partial charge in [0.1, 0.15) is 5.92 Å². The summed E-state index contributed by atoms with van der Waals surface area (Å²) < 4.78 is 5.09. The van der Waals surface area contributed by atoms with Crippen LogP contribution in [0.25, 0.3) is 0 Å². The topological polar surface area (TPSA) is 43.4 Å². The van der Waals surface area contributed by atoms with Gasteiger partial charge in [-0.15, -0.1) is 0 Å². The van der Waals surface area contributed by atoms with Crippen molar-refractivity contribution in [3.63, 3.8) is 0 Å². The van der Waals surface area contributed by atoms with Gasteiger partial charge < -0.3 is 4.74 Å². The van der Waals surface area contributed by atoms with E-state index in [0.29, 0.717) is 6.61 Å². The van der Waals surface area contributed by atoms with E-state index in [-0.39, 0.29) is 34.4 Å². The standard InChI is InChI=1S/C17H24O3/c1-6-20-15(19)12-11-8-16(4)7-9(2)10(3)17(16,5)13(11)14(12)18/h11-13H,6-8H2,1-5H3/t11-,12?,13-,16+,17-/m0/s1. The van der Waals surface area contributed by atoms with Crippen LogP contribution in [0, 0.1) is 28.6 Å². The van der Waals surface area contributed by atoms with Crippen LogP contribution in [0.4, 0.5) is 0 Å². The van der Waals surface area contributed by atoms with Gasteiger partial charge in [-0.3, -0.25) is 9.59 Å². The summed E-state index contributed by atoms with van der Waals surface area (Å²) >= 11 is 0. The normalized spacial score (nSPS) is 46.0. The number of allylic oxidation sites excluding steroid dienone is 2. The predicted molar refractivity (Wildman–Crippen MR) is 75.9 cm³/mol. The first-order valence-electron chi connectivity index (χ1n) is 7.65. The summed E-state index contributed by atoms with van der Waals surface area (Å²) in [6.07, 6.45) is 2.03. The van der Waals surface area contributed by atoms with Crippen LogP contribution in [-0.2, 0) is 14.3 Å². The fourth-order valence-electron chi connectivity index (χ4n) is 5.37. The molecule has 0 bridgehead atoms. The minimum atomic E-state index is -0.493. The molecular formula is C17H24O3. The van der Waals surface area contributed by atoms with E-state index < -0.39 is 5.92 Å². The number of esters is 1. The average molecular weight is 276 g/mol. The molecule has 0 saturated heterocycles. The number of hydrogen-bond donors (Lipinski definition) is 0. The van der Waals surface area contributed by atoms with E-state index >= 15 is 0 Å². The van der Waals surface area contributed by atoms with E-state index in [2.05, 4.69) is 27.7 Å². The van der Waals surface area contributed by atoms with Crippen molar-refractivity contribution in [2.75, 3.05) is 6.61 Å².